The highest BCUT2D eigenvalue weighted by molar-refractivity contribution is 6.05. The first-order valence-electron chi connectivity index (χ1n) is 11.7. The summed E-state index contributed by atoms with van der Waals surface area (Å²) in [6.45, 7) is 5.58. The maximum Gasteiger partial charge on any atom is 0.412 e. The van der Waals surface area contributed by atoms with Crippen molar-refractivity contribution in [3.05, 3.63) is 89.5 Å². The Bertz CT molecular complexity index is 1310. The van der Waals surface area contributed by atoms with Gasteiger partial charge >= 0.3 is 6.09 Å². The lowest BCUT2D eigenvalue weighted by atomic mass is 9.98. The summed E-state index contributed by atoms with van der Waals surface area (Å²) in [7, 11) is 0. The van der Waals surface area contributed by atoms with Crippen molar-refractivity contribution in [1.29, 1.82) is 0 Å². The van der Waals surface area contributed by atoms with Gasteiger partial charge in [0, 0.05) is 17.7 Å². The Kier molecular flexibility index (Phi) is 6.10. The molecule has 0 radical (unpaired) electrons. The molecule has 8 heteroatoms. The number of ether oxygens (including phenoxy) is 3. The zero-order chi connectivity index (χ0) is 25.3. The average Bonchev–Trinajstić information content (AvgIpc) is 3.50. The summed E-state index contributed by atoms with van der Waals surface area (Å²) in [6, 6.07) is 22.1. The van der Waals surface area contributed by atoms with Crippen LogP contribution in [0.1, 0.15) is 54.7 Å². The Morgan fingerprint density at radius 3 is 2.42 bits per heavy atom. The Balaban J connectivity index is 1.39. The maximum atomic E-state index is 13.6. The molecule has 0 saturated heterocycles. The van der Waals surface area contributed by atoms with Crippen molar-refractivity contribution >= 4 is 23.4 Å². The molecule has 36 heavy (non-hydrogen) atoms. The van der Waals surface area contributed by atoms with Gasteiger partial charge < -0.3 is 14.2 Å². The lowest BCUT2D eigenvalue weighted by molar-refractivity contribution is 0.0635. The summed E-state index contributed by atoms with van der Waals surface area (Å²) in [4.78, 5) is 25.6. The third kappa shape index (κ3) is 5.02. The van der Waals surface area contributed by atoms with Gasteiger partial charge in [0.1, 0.15) is 5.60 Å². The lowest BCUT2D eigenvalue weighted by Gasteiger charge is -2.22. The van der Waals surface area contributed by atoms with Crippen LogP contribution < -0.4 is 14.8 Å². The number of rotatable bonds is 4. The van der Waals surface area contributed by atoms with E-state index in [-0.39, 0.29) is 18.7 Å². The van der Waals surface area contributed by atoms with Crippen LogP contribution >= 0.6 is 0 Å². The molecule has 0 fully saturated rings. The molecule has 3 aromatic rings. The van der Waals surface area contributed by atoms with E-state index in [0.717, 1.165) is 16.8 Å². The van der Waals surface area contributed by atoms with E-state index in [1.54, 1.807) is 30.3 Å². The third-order valence-electron chi connectivity index (χ3n) is 5.79. The second kappa shape index (κ2) is 9.37. The van der Waals surface area contributed by atoms with Crippen LogP contribution in [0.25, 0.3) is 0 Å². The number of nitrogens with zero attached hydrogens (tertiary/aromatic N) is 2. The first-order chi connectivity index (χ1) is 17.3. The van der Waals surface area contributed by atoms with Crippen LogP contribution in [0, 0.1) is 0 Å². The van der Waals surface area contributed by atoms with Crippen molar-refractivity contribution in [2.24, 2.45) is 5.10 Å². The molecule has 3 aromatic carbocycles. The van der Waals surface area contributed by atoms with Gasteiger partial charge in [-0.05, 0) is 62.2 Å². The number of hydrazone groups is 1. The fraction of sp³-hybridized carbons (Fsp3) is 0.250. The second-order valence-electron chi connectivity index (χ2n) is 9.60. The largest absolute Gasteiger partial charge is 0.454 e. The number of carbonyl (C=O) groups is 2. The van der Waals surface area contributed by atoms with E-state index in [2.05, 4.69) is 5.32 Å². The number of benzene rings is 3. The normalized spacial score (nSPS) is 16.5. The summed E-state index contributed by atoms with van der Waals surface area (Å²) >= 11 is 0. The van der Waals surface area contributed by atoms with Gasteiger partial charge in [0.05, 0.1) is 11.8 Å². The summed E-state index contributed by atoms with van der Waals surface area (Å²) in [5.74, 6) is 0.950. The fourth-order valence-electron chi connectivity index (χ4n) is 4.14. The number of hydrogen-bond acceptors (Lipinski definition) is 6. The van der Waals surface area contributed by atoms with E-state index in [1.807, 2.05) is 63.2 Å². The van der Waals surface area contributed by atoms with Crippen LogP contribution in [0.3, 0.4) is 0 Å². The molecule has 0 saturated carbocycles. The van der Waals surface area contributed by atoms with Crippen molar-refractivity contribution in [3.8, 4) is 11.5 Å². The van der Waals surface area contributed by atoms with E-state index in [9.17, 15) is 9.59 Å². The van der Waals surface area contributed by atoms with Crippen LogP contribution in [-0.2, 0) is 4.74 Å². The molecule has 1 unspecified atom stereocenters. The molecule has 0 aliphatic carbocycles. The fourth-order valence-corrected chi connectivity index (χ4v) is 4.14. The zero-order valence-electron chi connectivity index (χ0n) is 20.4. The minimum atomic E-state index is -0.580. The molecule has 2 heterocycles. The highest BCUT2D eigenvalue weighted by Crippen LogP contribution is 2.37. The number of fused-ring (bicyclic) bond motifs is 1. The molecule has 1 N–H and O–H groups in total. The first kappa shape index (κ1) is 23.4. The molecule has 2 amide bonds. The van der Waals surface area contributed by atoms with Gasteiger partial charge in [-0.15, -0.1) is 0 Å². The van der Waals surface area contributed by atoms with Crippen molar-refractivity contribution in [3.63, 3.8) is 0 Å². The summed E-state index contributed by atoms with van der Waals surface area (Å²) in [5, 5.41) is 9.01. The Morgan fingerprint density at radius 1 is 0.972 bits per heavy atom. The summed E-state index contributed by atoms with van der Waals surface area (Å²) in [5.41, 5.74) is 3.15. The molecule has 0 spiro atoms. The van der Waals surface area contributed by atoms with E-state index >= 15 is 0 Å². The van der Waals surface area contributed by atoms with Gasteiger partial charge in [-0.25, -0.2) is 9.80 Å². The van der Waals surface area contributed by atoms with Gasteiger partial charge in [0.25, 0.3) is 5.91 Å². The van der Waals surface area contributed by atoms with Gasteiger partial charge in [-0.1, -0.05) is 42.5 Å². The molecule has 0 aromatic heterocycles. The molecule has 2 aliphatic heterocycles. The van der Waals surface area contributed by atoms with E-state index in [0.29, 0.717) is 29.2 Å². The van der Waals surface area contributed by atoms with Crippen molar-refractivity contribution in [2.75, 3.05) is 12.1 Å². The predicted octanol–water partition coefficient (Wildman–Crippen LogP) is 5.75. The minimum absolute atomic E-state index is 0.143. The average molecular weight is 486 g/mol. The van der Waals surface area contributed by atoms with Gasteiger partial charge in [-0.2, -0.15) is 5.10 Å². The minimum Gasteiger partial charge on any atom is -0.454 e. The zero-order valence-corrected chi connectivity index (χ0v) is 20.4. The Hall–Kier alpha value is -4.33. The third-order valence-corrected chi connectivity index (χ3v) is 5.79. The maximum absolute atomic E-state index is 13.6. The Labute approximate surface area is 209 Å². The second-order valence-corrected chi connectivity index (χ2v) is 9.60. The predicted molar refractivity (Wildman–Crippen MR) is 135 cm³/mol. The van der Waals surface area contributed by atoms with Gasteiger partial charge in [0.15, 0.2) is 11.5 Å². The van der Waals surface area contributed by atoms with Crippen LogP contribution in [0.4, 0.5) is 10.5 Å². The monoisotopic (exact) mass is 485 g/mol. The molecule has 8 nitrogen and oxygen atoms in total. The molecule has 2 aliphatic rings. The standard InChI is InChI=1S/C28H27N3O5/c1-28(2,3)36-27(33)29-21-12-9-18(10-13-21)22-16-23(19-7-5-4-6-8-19)31(30-22)26(32)20-11-14-24-25(15-20)35-17-34-24/h4-15,23H,16-17H2,1-3H3,(H,29,33). The number of carbonyl (C=O) groups excluding carboxylic acids is 2. The number of amides is 2. The molecule has 1 atom stereocenters. The summed E-state index contributed by atoms with van der Waals surface area (Å²) < 4.78 is 16.1. The summed E-state index contributed by atoms with van der Waals surface area (Å²) in [6.07, 6.45) is 0.0391. The highest BCUT2D eigenvalue weighted by atomic mass is 16.7. The van der Waals surface area contributed by atoms with Crippen LogP contribution in [0.5, 0.6) is 11.5 Å². The van der Waals surface area contributed by atoms with Crippen molar-refractivity contribution in [2.45, 2.75) is 38.8 Å². The van der Waals surface area contributed by atoms with E-state index in [4.69, 9.17) is 19.3 Å². The SMILES string of the molecule is CC(C)(C)OC(=O)Nc1ccc(C2=NN(C(=O)c3ccc4c(c3)OCO4)C(c3ccccc3)C2)cc1. The van der Waals surface area contributed by atoms with E-state index < -0.39 is 11.7 Å². The highest BCUT2D eigenvalue weighted by Gasteiger charge is 2.34. The van der Waals surface area contributed by atoms with Crippen LogP contribution in [0.15, 0.2) is 77.9 Å². The van der Waals surface area contributed by atoms with Crippen molar-refractivity contribution in [1.82, 2.24) is 5.01 Å². The molecular formula is C28H27N3O5. The van der Waals surface area contributed by atoms with E-state index in [1.165, 1.54) is 5.01 Å². The first-order valence-corrected chi connectivity index (χ1v) is 11.7. The van der Waals surface area contributed by atoms with Crippen LogP contribution in [0.2, 0.25) is 0 Å². The van der Waals surface area contributed by atoms with Gasteiger partial charge in [0.2, 0.25) is 6.79 Å². The molecule has 0 bridgehead atoms. The molecular weight excluding hydrogens is 458 g/mol. The topological polar surface area (TPSA) is 89.5 Å². The lowest BCUT2D eigenvalue weighted by Crippen LogP contribution is -2.27. The molecule has 5 rings (SSSR count). The van der Waals surface area contributed by atoms with Gasteiger partial charge in [-0.3, -0.25) is 10.1 Å². The number of hydrogen-bond donors (Lipinski definition) is 1. The molecule has 184 valence electrons. The van der Waals surface area contributed by atoms with Crippen LogP contribution in [-0.4, -0.2) is 35.1 Å². The number of anilines is 1. The van der Waals surface area contributed by atoms with Crippen molar-refractivity contribution < 1.29 is 23.8 Å². The Morgan fingerprint density at radius 2 is 1.69 bits per heavy atom. The smallest absolute Gasteiger partial charge is 0.412 e. The quantitative estimate of drug-likeness (QED) is 0.508. The number of nitrogens with one attached hydrogen (secondary N) is 1.